The fourth-order valence-electron chi connectivity index (χ4n) is 4.86. The quantitative estimate of drug-likeness (QED) is 0.344. The van der Waals surface area contributed by atoms with Gasteiger partial charge in [-0.15, -0.1) is 0 Å². The molecule has 4 nitrogen and oxygen atoms in total. The summed E-state index contributed by atoms with van der Waals surface area (Å²) in [5.41, 5.74) is 0.575. The molecule has 1 heterocycles. The Labute approximate surface area is 163 Å². The Balaban J connectivity index is 3.00. The summed E-state index contributed by atoms with van der Waals surface area (Å²) >= 11 is 0. The molecule has 0 radical (unpaired) electrons. The van der Waals surface area contributed by atoms with Crippen molar-refractivity contribution in [1.82, 2.24) is 9.13 Å². The van der Waals surface area contributed by atoms with Gasteiger partial charge in [0.2, 0.25) is 0 Å². The second-order valence-corrected chi connectivity index (χ2v) is 18.4. The minimum absolute atomic E-state index is 0.100. The molecule has 2 amide bonds. The number of imide groups is 1. The Morgan fingerprint density at radius 2 is 1.27 bits per heavy atom. The highest BCUT2D eigenvalue weighted by atomic mass is 28.4. The maximum atomic E-state index is 12.2. The van der Waals surface area contributed by atoms with Crippen molar-refractivity contribution in [1.29, 1.82) is 0 Å². The number of rotatable bonds is 12. The summed E-state index contributed by atoms with van der Waals surface area (Å²) in [5, 5.41) is 0. The van der Waals surface area contributed by atoms with Gasteiger partial charge in [-0.1, -0.05) is 41.5 Å². The van der Waals surface area contributed by atoms with E-state index >= 15 is 0 Å². The van der Waals surface area contributed by atoms with E-state index in [2.05, 4.69) is 45.8 Å². The van der Waals surface area contributed by atoms with Crippen molar-refractivity contribution in [3.05, 3.63) is 11.6 Å². The second-order valence-electron chi connectivity index (χ2n) is 7.70. The molecule has 0 unspecified atom stereocenters. The normalized spacial score (nSPS) is 16.0. The molecule has 0 aromatic carbocycles. The number of amides is 2. The van der Waals surface area contributed by atoms with Crippen LogP contribution in [0.25, 0.3) is 0 Å². The Morgan fingerprint density at radius 1 is 0.846 bits per heavy atom. The Kier molecular flexibility index (Phi) is 8.96. The third kappa shape index (κ3) is 4.39. The maximum absolute atomic E-state index is 12.2. The summed E-state index contributed by atoms with van der Waals surface area (Å²) in [7, 11) is -2.95. The van der Waals surface area contributed by atoms with E-state index in [1.165, 1.54) is 47.2 Å². The second kappa shape index (κ2) is 9.99. The third-order valence-electron chi connectivity index (χ3n) is 7.05. The van der Waals surface area contributed by atoms with Gasteiger partial charge in [0.25, 0.3) is 11.8 Å². The minimum atomic E-state index is -1.48. The van der Waals surface area contributed by atoms with Crippen molar-refractivity contribution in [2.75, 3.05) is 13.1 Å². The van der Waals surface area contributed by atoms with Crippen LogP contribution in [-0.4, -0.2) is 50.5 Å². The average Bonchev–Trinajstić information content (AvgIpc) is 2.90. The molecule has 150 valence electrons. The number of carbonyl (C=O) groups excluding carboxylic acids is 2. The lowest BCUT2D eigenvalue weighted by molar-refractivity contribution is -0.137. The lowest BCUT2D eigenvalue weighted by atomic mass is 10.3. The Morgan fingerprint density at radius 3 is 1.58 bits per heavy atom. The first kappa shape index (κ1) is 23.3. The van der Waals surface area contributed by atoms with Gasteiger partial charge in [0.1, 0.15) is 16.5 Å². The van der Waals surface area contributed by atoms with Crippen molar-refractivity contribution < 1.29 is 9.59 Å². The van der Waals surface area contributed by atoms with E-state index in [0.29, 0.717) is 12.1 Å². The largest absolute Gasteiger partial charge is 0.345 e. The van der Waals surface area contributed by atoms with Crippen LogP contribution in [0.1, 0.15) is 54.9 Å². The van der Waals surface area contributed by atoms with E-state index in [4.69, 9.17) is 0 Å². The van der Waals surface area contributed by atoms with Gasteiger partial charge >= 0.3 is 0 Å². The van der Waals surface area contributed by atoms with Crippen LogP contribution in [0.15, 0.2) is 11.6 Å². The molecule has 0 fully saturated rings. The van der Waals surface area contributed by atoms with E-state index in [9.17, 15) is 9.59 Å². The van der Waals surface area contributed by atoms with E-state index in [1.807, 2.05) is 0 Å². The monoisotopic (exact) mass is 396 g/mol. The van der Waals surface area contributed by atoms with Gasteiger partial charge in [0.15, 0.2) is 0 Å². The molecule has 0 bridgehead atoms. The van der Waals surface area contributed by atoms with Gasteiger partial charge in [-0.05, 0) is 56.2 Å². The summed E-state index contributed by atoms with van der Waals surface area (Å²) in [6, 6.07) is 7.82. The molecule has 0 N–H and O–H groups in total. The zero-order chi connectivity index (χ0) is 20.0. The summed E-state index contributed by atoms with van der Waals surface area (Å²) < 4.78 is 3.02. The Hall–Kier alpha value is -0.726. The van der Waals surface area contributed by atoms with Crippen LogP contribution >= 0.6 is 0 Å². The highest BCUT2D eigenvalue weighted by molar-refractivity contribution is 6.92. The SMILES string of the molecule is CC[Si](CC)(CC)N(CCCN1C(=O)C=C(C)C1=O)[Si](CC)(CC)CC. The van der Waals surface area contributed by atoms with Gasteiger partial charge in [-0.2, -0.15) is 0 Å². The number of hydrogen-bond acceptors (Lipinski definition) is 3. The van der Waals surface area contributed by atoms with Crippen molar-refractivity contribution in [3.8, 4) is 0 Å². The first-order valence-electron chi connectivity index (χ1n) is 10.6. The van der Waals surface area contributed by atoms with Crippen molar-refractivity contribution in [2.45, 2.75) is 91.2 Å². The number of hydrogen-bond donors (Lipinski definition) is 0. The molecule has 0 saturated heterocycles. The molecule has 0 spiro atoms. The molecule has 0 aliphatic carbocycles. The number of nitrogens with zero attached hydrogens (tertiary/aromatic N) is 2. The predicted molar refractivity (Wildman–Crippen MR) is 116 cm³/mol. The molecule has 1 aliphatic heterocycles. The summed E-state index contributed by atoms with van der Waals surface area (Å²) in [6.07, 6.45) is 2.38. The third-order valence-corrected chi connectivity index (χ3v) is 20.5. The fraction of sp³-hybridized carbons (Fsp3) is 0.800. The van der Waals surface area contributed by atoms with Gasteiger partial charge < -0.3 is 4.23 Å². The van der Waals surface area contributed by atoms with Crippen LogP contribution in [0.4, 0.5) is 0 Å². The van der Waals surface area contributed by atoms with Gasteiger partial charge in [-0.3, -0.25) is 14.5 Å². The molecule has 26 heavy (non-hydrogen) atoms. The van der Waals surface area contributed by atoms with Crippen LogP contribution in [0.3, 0.4) is 0 Å². The molecule has 1 aliphatic rings. The van der Waals surface area contributed by atoms with E-state index in [1.54, 1.807) is 6.92 Å². The number of carbonyl (C=O) groups is 2. The molecule has 6 heteroatoms. The predicted octanol–water partition coefficient (Wildman–Crippen LogP) is 5.00. The summed E-state index contributed by atoms with van der Waals surface area (Å²) in [5.74, 6) is -0.231. The minimum Gasteiger partial charge on any atom is -0.345 e. The fourth-order valence-corrected chi connectivity index (χ4v) is 18.3. The summed E-state index contributed by atoms with van der Waals surface area (Å²) in [6.45, 7) is 17.6. The zero-order valence-electron chi connectivity index (χ0n) is 18.2. The van der Waals surface area contributed by atoms with Gasteiger partial charge in [-0.25, -0.2) is 0 Å². The standard InChI is InChI=1S/C20H40N2O2Si2/c1-8-25(9-2,10-3)22(26(11-4,12-5)13-6)16-14-15-21-19(23)17-18(7)20(21)24/h17H,8-16H2,1-7H3. The van der Waals surface area contributed by atoms with Crippen LogP contribution < -0.4 is 0 Å². The molecule has 0 aromatic rings. The van der Waals surface area contributed by atoms with Gasteiger partial charge in [0, 0.05) is 18.2 Å². The van der Waals surface area contributed by atoms with Crippen molar-refractivity contribution in [2.24, 2.45) is 0 Å². The molecule has 1 rings (SSSR count). The van der Waals surface area contributed by atoms with Crippen LogP contribution in [0.5, 0.6) is 0 Å². The molecule has 0 aromatic heterocycles. The van der Waals surface area contributed by atoms with E-state index < -0.39 is 16.5 Å². The van der Waals surface area contributed by atoms with Crippen molar-refractivity contribution >= 4 is 28.3 Å². The highest BCUT2D eigenvalue weighted by Gasteiger charge is 2.45. The highest BCUT2D eigenvalue weighted by Crippen LogP contribution is 2.36. The Bertz CT molecular complexity index is 489. The van der Waals surface area contributed by atoms with Crippen LogP contribution in [0, 0.1) is 0 Å². The van der Waals surface area contributed by atoms with Gasteiger partial charge in [0.05, 0.1) is 0 Å². The molecule has 0 atom stereocenters. The van der Waals surface area contributed by atoms with Crippen LogP contribution in [-0.2, 0) is 9.59 Å². The first-order valence-corrected chi connectivity index (χ1v) is 15.8. The van der Waals surface area contributed by atoms with E-state index in [0.717, 1.165) is 13.0 Å². The average molecular weight is 397 g/mol. The molecule has 0 saturated carbocycles. The lowest BCUT2D eigenvalue weighted by Gasteiger charge is -2.52. The first-order chi connectivity index (χ1) is 12.3. The van der Waals surface area contributed by atoms with E-state index in [-0.39, 0.29) is 11.8 Å². The summed E-state index contributed by atoms with van der Waals surface area (Å²) in [4.78, 5) is 25.6. The molecular weight excluding hydrogens is 356 g/mol. The smallest absolute Gasteiger partial charge is 0.256 e. The maximum Gasteiger partial charge on any atom is 0.256 e. The molecular formula is C20H40N2O2Si2. The lowest BCUT2D eigenvalue weighted by Crippen LogP contribution is -2.66. The zero-order valence-corrected chi connectivity index (χ0v) is 20.2. The van der Waals surface area contributed by atoms with Crippen molar-refractivity contribution in [3.63, 3.8) is 0 Å². The van der Waals surface area contributed by atoms with Crippen LogP contribution in [0.2, 0.25) is 36.3 Å². The topological polar surface area (TPSA) is 40.6 Å².